The number of anilines is 1. The molecule has 2 N–H and O–H groups in total. The Morgan fingerprint density at radius 3 is 2.33 bits per heavy atom. The maximum absolute atomic E-state index is 11.9. The molecule has 0 radical (unpaired) electrons. The first-order valence-electron chi connectivity index (χ1n) is 6.22. The van der Waals surface area contributed by atoms with Crippen LogP contribution in [0.3, 0.4) is 0 Å². The van der Waals surface area contributed by atoms with Crippen molar-refractivity contribution in [3.8, 4) is 0 Å². The van der Waals surface area contributed by atoms with Crippen LogP contribution >= 0.6 is 34.8 Å². The zero-order chi connectivity index (χ0) is 16.0. The van der Waals surface area contributed by atoms with Crippen molar-refractivity contribution < 1.29 is 14.7 Å². The molecule has 0 unspecified atom stereocenters. The molecular formula is C13H15Cl3N2O3. The van der Waals surface area contributed by atoms with Gasteiger partial charge in [-0.05, 0) is 25.1 Å². The van der Waals surface area contributed by atoms with Crippen molar-refractivity contribution in [2.24, 2.45) is 0 Å². The number of nitrogens with zero attached hydrogens (tertiary/aromatic N) is 1. The van der Waals surface area contributed by atoms with E-state index >= 15 is 0 Å². The molecule has 0 aliphatic carbocycles. The lowest BCUT2D eigenvalue weighted by Gasteiger charge is -2.19. The van der Waals surface area contributed by atoms with E-state index in [0.717, 1.165) is 6.42 Å². The highest BCUT2D eigenvalue weighted by atomic mass is 35.5. The minimum Gasteiger partial charge on any atom is -0.480 e. The SMILES string of the molecule is CCCN(CC(=O)O)CC(=O)Nc1cc(Cl)c(Cl)cc1Cl. The molecule has 0 fully saturated rings. The standard InChI is InChI=1S/C13H15Cl3N2O3/c1-2-3-18(7-13(20)21)6-12(19)17-11-5-9(15)8(14)4-10(11)16/h4-5H,2-3,6-7H2,1H3,(H,17,19)(H,20,21). The molecule has 1 aromatic rings. The quantitative estimate of drug-likeness (QED) is 0.737. The van der Waals surface area contributed by atoms with Crippen molar-refractivity contribution in [2.45, 2.75) is 13.3 Å². The van der Waals surface area contributed by atoms with Gasteiger partial charge in [-0.3, -0.25) is 14.5 Å². The third-order valence-electron chi connectivity index (χ3n) is 2.55. The van der Waals surface area contributed by atoms with Gasteiger partial charge >= 0.3 is 5.97 Å². The van der Waals surface area contributed by atoms with Crippen molar-refractivity contribution in [1.82, 2.24) is 4.90 Å². The Morgan fingerprint density at radius 2 is 1.76 bits per heavy atom. The van der Waals surface area contributed by atoms with Gasteiger partial charge in [-0.2, -0.15) is 0 Å². The van der Waals surface area contributed by atoms with E-state index in [1.165, 1.54) is 17.0 Å². The Labute approximate surface area is 137 Å². The van der Waals surface area contributed by atoms with Crippen LogP contribution in [0.15, 0.2) is 12.1 Å². The molecular weight excluding hydrogens is 339 g/mol. The molecule has 0 aliphatic heterocycles. The second-order valence-electron chi connectivity index (χ2n) is 4.40. The van der Waals surface area contributed by atoms with Crippen LogP contribution in [0.25, 0.3) is 0 Å². The first-order chi connectivity index (χ1) is 9.83. The summed E-state index contributed by atoms with van der Waals surface area (Å²) in [4.78, 5) is 24.2. The van der Waals surface area contributed by atoms with E-state index in [-0.39, 0.29) is 34.1 Å². The number of nitrogens with one attached hydrogen (secondary N) is 1. The number of carboxylic acid groups (broad SMARTS) is 1. The number of benzene rings is 1. The summed E-state index contributed by atoms with van der Waals surface area (Å²) >= 11 is 17.6. The number of amides is 1. The Hall–Kier alpha value is -1.01. The molecule has 0 atom stereocenters. The van der Waals surface area contributed by atoms with Gasteiger partial charge in [0.25, 0.3) is 0 Å². The summed E-state index contributed by atoms with van der Waals surface area (Å²) in [6.45, 7) is 2.17. The zero-order valence-corrected chi connectivity index (χ0v) is 13.6. The van der Waals surface area contributed by atoms with Gasteiger partial charge in [-0.15, -0.1) is 0 Å². The van der Waals surface area contributed by atoms with Crippen LogP contribution in [0.2, 0.25) is 15.1 Å². The van der Waals surface area contributed by atoms with Crippen LogP contribution in [0.1, 0.15) is 13.3 Å². The highest BCUT2D eigenvalue weighted by Gasteiger charge is 2.15. The van der Waals surface area contributed by atoms with Gasteiger partial charge in [-0.1, -0.05) is 41.7 Å². The predicted molar refractivity (Wildman–Crippen MR) is 84.5 cm³/mol. The number of carboxylic acids is 1. The van der Waals surface area contributed by atoms with Crippen LogP contribution < -0.4 is 5.32 Å². The minimum absolute atomic E-state index is 0.0449. The van der Waals surface area contributed by atoms with Crippen molar-refractivity contribution in [3.05, 3.63) is 27.2 Å². The normalized spacial score (nSPS) is 10.7. The maximum atomic E-state index is 11.9. The monoisotopic (exact) mass is 352 g/mol. The Kier molecular flexibility index (Phi) is 7.25. The van der Waals surface area contributed by atoms with Gasteiger partial charge in [0, 0.05) is 0 Å². The molecule has 1 amide bonds. The predicted octanol–water partition coefficient (Wildman–Crippen LogP) is 3.38. The highest BCUT2D eigenvalue weighted by molar-refractivity contribution is 6.44. The third-order valence-corrected chi connectivity index (χ3v) is 3.58. The summed E-state index contributed by atoms with van der Waals surface area (Å²) in [5.74, 6) is -1.35. The summed E-state index contributed by atoms with van der Waals surface area (Å²) < 4.78 is 0. The maximum Gasteiger partial charge on any atom is 0.317 e. The summed E-state index contributed by atoms with van der Waals surface area (Å²) in [7, 11) is 0. The third kappa shape index (κ3) is 6.09. The summed E-state index contributed by atoms with van der Waals surface area (Å²) in [6, 6.07) is 2.88. The first-order valence-corrected chi connectivity index (χ1v) is 7.35. The van der Waals surface area contributed by atoms with Crippen LogP contribution in [0.4, 0.5) is 5.69 Å². The van der Waals surface area contributed by atoms with Gasteiger partial charge < -0.3 is 10.4 Å². The van der Waals surface area contributed by atoms with Crippen molar-refractivity contribution in [3.63, 3.8) is 0 Å². The smallest absolute Gasteiger partial charge is 0.317 e. The van der Waals surface area contributed by atoms with E-state index in [0.29, 0.717) is 12.2 Å². The molecule has 0 spiro atoms. The van der Waals surface area contributed by atoms with Gasteiger partial charge in [0.2, 0.25) is 5.91 Å². The van der Waals surface area contributed by atoms with Crippen LogP contribution in [0, 0.1) is 0 Å². The van der Waals surface area contributed by atoms with E-state index < -0.39 is 5.97 Å². The number of halogens is 3. The Morgan fingerprint density at radius 1 is 1.14 bits per heavy atom. The van der Waals surface area contributed by atoms with Gasteiger partial charge in [-0.25, -0.2) is 0 Å². The lowest BCUT2D eigenvalue weighted by Crippen LogP contribution is -2.37. The fourth-order valence-corrected chi connectivity index (χ4v) is 2.33. The number of aliphatic carboxylic acids is 1. The van der Waals surface area contributed by atoms with E-state index in [9.17, 15) is 9.59 Å². The fourth-order valence-electron chi connectivity index (χ4n) is 1.73. The number of hydrogen-bond donors (Lipinski definition) is 2. The van der Waals surface area contributed by atoms with E-state index in [1.54, 1.807) is 0 Å². The van der Waals surface area contributed by atoms with E-state index in [2.05, 4.69) is 5.32 Å². The molecule has 0 bridgehead atoms. The van der Waals surface area contributed by atoms with Crippen molar-refractivity contribution >= 4 is 52.4 Å². The second-order valence-corrected chi connectivity index (χ2v) is 5.62. The number of carbonyl (C=O) groups is 2. The number of rotatable bonds is 7. The highest BCUT2D eigenvalue weighted by Crippen LogP contribution is 2.32. The van der Waals surface area contributed by atoms with Gasteiger partial charge in [0.05, 0.1) is 33.8 Å². The molecule has 1 rings (SSSR count). The lowest BCUT2D eigenvalue weighted by atomic mass is 10.3. The second kappa shape index (κ2) is 8.44. The summed E-state index contributed by atoms with van der Waals surface area (Å²) in [6.07, 6.45) is 0.744. The van der Waals surface area contributed by atoms with E-state index in [1.807, 2.05) is 6.92 Å². The zero-order valence-electron chi connectivity index (χ0n) is 11.3. The minimum atomic E-state index is -0.983. The Bertz CT molecular complexity index is 538. The van der Waals surface area contributed by atoms with Crippen LogP contribution in [-0.4, -0.2) is 41.5 Å². The fraction of sp³-hybridized carbons (Fsp3) is 0.385. The van der Waals surface area contributed by atoms with Crippen LogP contribution in [-0.2, 0) is 9.59 Å². The largest absolute Gasteiger partial charge is 0.480 e. The average molecular weight is 354 g/mol. The van der Waals surface area contributed by atoms with Crippen molar-refractivity contribution in [1.29, 1.82) is 0 Å². The Balaban J connectivity index is 2.71. The number of carbonyl (C=O) groups excluding carboxylic acids is 1. The summed E-state index contributed by atoms with van der Waals surface area (Å²) in [5, 5.41) is 12.2. The van der Waals surface area contributed by atoms with Gasteiger partial charge in [0.15, 0.2) is 0 Å². The molecule has 21 heavy (non-hydrogen) atoms. The molecule has 0 aliphatic rings. The average Bonchev–Trinajstić information content (AvgIpc) is 2.35. The molecule has 0 heterocycles. The van der Waals surface area contributed by atoms with Gasteiger partial charge in [0.1, 0.15) is 0 Å². The van der Waals surface area contributed by atoms with Crippen LogP contribution in [0.5, 0.6) is 0 Å². The molecule has 0 saturated heterocycles. The topological polar surface area (TPSA) is 69.6 Å². The molecule has 8 heteroatoms. The lowest BCUT2D eigenvalue weighted by molar-refractivity contribution is -0.138. The molecule has 0 aromatic heterocycles. The molecule has 116 valence electrons. The molecule has 1 aromatic carbocycles. The number of hydrogen-bond acceptors (Lipinski definition) is 3. The molecule has 0 saturated carbocycles. The molecule has 5 nitrogen and oxygen atoms in total. The van der Waals surface area contributed by atoms with E-state index in [4.69, 9.17) is 39.9 Å². The van der Waals surface area contributed by atoms with Crippen molar-refractivity contribution in [2.75, 3.05) is 25.0 Å². The summed E-state index contributed by atoms with van der Waals surface area (Å²) in [5.41, 5.74) is 0.336. The first kappa shape index (κ1) is 18.0.